The van der Waals surface area contributed by atoms with E-state index >= 15 is 0 Å². The summed E-state index contributed by atoms with van der Waals surface area (Å²) in [5.41, 5.74) is 1.58. The molecular weight excluding hydrogens is 214 g/mol. The summed E-state index contributed by atoms with van der Waals surface area (Å²) in [6.45, 7) is -0.405. The van der Waals surface area contributed by atoms with Crippen molar-refractivity contribution in [3.63, 3.8) is 0 Å². The summed E-state index contributed by atoms with van der Waals surface area (Å²) in [5.74, 6) is 0.170. The molecule has 0 radical (unpaired) electrons. The van der Waals surface area contributed by atoms with Crippen molar-refractivity contribution in [3.05, 3.63) is 36.7 Å². The van der Waals surface area contributed by atoms with Gasteiger partial charge in [0, 0.05) is 11.8 Å². The summed E-state index contributed by atoms with van der Waals surface area (Å²) in [5, 5.41) is 12.9. The van der Waals surface area contributed by atoms with Crippen LogP contribution in [0.25, 0.3) is 11.1 Å². The van der Waals surface area contributed by atoms with Crippen molar-refractivity contribution in [2.75, 3.05) is 0 Å². The monoisotopic (exact) mass is 224 g/mol. The number of benzene rings is 1. The van der Waals surface area contributed by atoms with Gasteiger partial charge in [0.15, 0.2) is 0 Å². The van der Waals surface area contributed by atoms with Gasteiger partial charge < -0.3 is 5.11 Å². The van der Waals surface area contributed by atoms with Gasteiger partial charge in [-0.05, 0) is 17.7 Å². The van der Waals surface area contributed by atoms with Gasteiger partial charge in [0.05, 0.1) is 6.20 Å². The normalized spacial score (nSPS) is 10.9. The summed E-state index contributed by atoms with van der Waals surface area (Å²) in [7, 11) is 0. The molecule has 5 heteroatoms. The van der Waals surface area contributed by atoms with Crippen molar-refractivity contribution in [2.24, 2.45) is 0 Å². The lowest BCUT2D eigenvalue weighted by Crippen LogP contribution is -2.06. The van der Waals surface area contributed by atoms with E-state index in [9.17, 15) is 8.78 Å². The molecule has 0 amide bonds. The van der Waals surface area contributed by atoms with Gasteiger partial charge in [0.2, 0.25) is 0 Å². The number of aromatic hydroxyl groups is 1. The summed E-state index contributed by atoms with van der Waals surface area (Å²) < 4.78 is 25.4. The van der Waals surface area contributed by atoms with Crippen LogP contribution in [-0.2, 0) is 6.54 Å². The Morgan fingerprint density at radius 2 is 1.88 bits per heavy atom. The molecular formula is C11H10F2N2O. The summed E-state index contributed by atoms with van der Waals surface area (Å²) in [6.07, 6.45) is 0.667. The number of nitrogens with zero attached hydrogens (tertiary/aromatic N) is 2. The van der Waals surface area contributed by atoms with Crippen LogP contribution in [0, 0.1) is 0 Å². The molecule has 1 N–H and O–H groups in total. The first-order valence-electron chi connectivity index (χ1n) is 4.75. The molecule has 1 aromatic heterocycles. The van der Waals surface area contributed by atoms with Crippen molar-refractivity contribution in [3.8, 4) is 16.9 Å². The highest BCUT2D eigenvalue weighted by molar-refractivity contribution is 5.62. The molecule has 16 heavy (non-hydrogen) atoms. The maximum absolute atomic E-state index is 12.1. The largest absolute Gasteiger partial charge is 0.508 e. The second kappa shape index (κ2) is 4.30. The topological polar surface area (TPSA) is 38.1 Å². The molecule has 0 saturated carbocycles. The van der Waals surface area contributed by atoms with Gasteiger partial charge in [-0.1, -0.05) is 12.1 Å². The molecule has 0 unspecified atom stereocenters. The Kier molecular flexibility index (Phi) is 2.85. The number of hydrogen-bond acceptors (Lipinski definition) is 2. The zero-order valence-corrected chi connectivity index (χ0v) is 8.35. The van der Waals surface area contributed by atoms with E-state index in [2.05, 4.69) is 5.10 Å². The first kappa shape index (κ1) is 10.6. The summed E-state index contributed by atoms with van der Waals surface area (Å²) in [6, 6.07) is 6.50. The van der Waals surface area contributed by atoms with E-state index in [1.165, 1.54) is 10.9 Å². The smallest absolute Gasteiger partial charge is 0.257 e. The number of aromatic nitrogens is 2. The lowest BCUT2D eigenvalue weighted by Gasteiger charge is -1.99. The van der Waals surface area contributed by atoms with E-state index in [1.807, 2.05) is 0 Å². The third-order valence-electron chi connectivity index (χ3n) is 2.16. The zero-order valence-electron chi connectivity index (χ0n) is 8.35. The first-order chi connectivity index (χ1) is 7.65. The Bertz CT molecular complexity index is 465. The van der Waals surface area contributed by atoms with E-state index in [0.717, 1.165) is 11.1 Å². The lowest BCUT2D eigenvalue weighted by molar-refractivity contribution is 0.122. The van der Waals surface area contributed by atoms with Gasteiger partial charge in [0.1, 0.15) is 12.3 Å². The minimum absolute atomic E-state index is 0.170. The Hall–Kier alpha value is -1.91. The van der Waals surface area contributed by atoms with Crippen LogP contribution >= 0.6 is 0 Å². The number of hydrogen-bond donors (Lipinski definition) is 1. The average Bonchev–Trinajstić information content (AvgIpc) is 2.66. The van der Waals surface area contributed by atoms with Crippen LogP contribution < -0.4 is 0 Å². The highest BCUT2D eigenvalue weighted by atomic mass is 19.3. The predicted molar refractivity (Wildman–Crippen MR) is 55.3 cm³/mol. The van der Waals surface area contributed by atoms with E-state index in [4.69, 9.17) is 5.11 Å². The Labute approximate surface area is 91.0 Å². The molecule has 84 valence electrons. The van der Waals surface area contributed by atoms with Crippen molar-refractivity contribution < 1.29 is 13.9 Å². The van der Waals surface area contributed by atoms with Gasteiger partial charge in [-0.25, -0.2) is 8.78 Å². The third-order valence-corrected chi connectivity index (χ3v) is 2.16. The number of phenolic OH excluding ortho intramolecular Hbond substituents is 1. The molecule has 2 rings (SSSR count). The lowest BCUT2D eigenvalue weighted by atomic mass is 10.1. The Morgan fingerprint density at radius 1 is 1.19 bits per heavy atom. The predicted octanol–water partition coefficient (Wildman–Crippen LogP) is 2.52. The molecule has 1 heterocycles. The molecule has 0 saturated heterocycles. The molecule has 2 aromatic rings. The highest BCUT2D eigenvalue weighted by Gasteiger charge is 2.06. The van der Waals surface area contributed by atoms with Crippen LogP contribution in [0.3, 0.4) is 0 Å². The summed E-state index contributed by atoms with van der Waals surface area (Å²) in [4.78, 5) is 0. The third kappa shape index (κ3) is 2.36. The molecule has 0 aliphatic carbocycles. The number of rotatable bonds is 3. The van der Waals surface area contributed by atoms with E-state index < -0.39 is 13.0 Å². The molecule has 1 aromatic carbocycles. The van der Waals surface area contributed by atoms with Gasteiger partial charge in [-0.2, -0.15) is 5.10 Å². The van der Waals surface area contributed by atoms with Gasteiger partial charge in [-0.15, -0.1) is 0 Å². The number of phenols is 1. The average molecular weight is 224 g/mol. The molecule has 0 spiro atoms. The van der Waals surface area contributed by atoms with Gasteiger partial charge in [0.25, 0.3) is 6.43 Å². The minimum atomic E-state index is -2.41. The molecule has 0 aliphatic rings. The van der Waals surface area contributed by atoms with E-state index in [1.54, 1.807) is 30.5 Å². The standard InChI is InChI=1S/C11H10F2N2O/c12-11(13)7-15-6-9(5-14-15)8-1-3-10(16)4-2-8/h1-6,11,16H,7H2. The highest BCUT2D eigenvalue weighted by Crippen LogP contribution is 2.21. The quantitative estimate of drug-likeness (QED) is 0.869. The van der Waals surface area contributed by atoms with E-state index in [-0.39, 0.29) is 5.75 Å². The van der Waals surface area contributed by atoms with E-state index in [0.29, 0.717) is 0 Å². The number of halogens is 2. The maximum Gasteiger partial charge on any atom is 0.257 e. The van der Waals surface area contributed by atoms with Crippen LogP contribution in [0.5, 0.6) is 5.75 Å². The van der Waals surface area contributed by atoms with Gasteiger partial charge >= 0.3 is 0 Å². The van der Waals surface area contributed by atoms with Crippen LogP contribution in [0.4, 0.5) is 8.78 Å². The molecule has 0 atom stereocenters. The van der Waals surface area contributed by atoms with Crippen molar-refractivity contribution >= 4 is 0 Å². The Morgan fingerprint density at radius 3 is 2.50 bits per heavy atom. The Balaban J connectivity index is 2.21. The fourth-order valence-electron chi connectivity index (χ4n) is 1.41. The fraction of sp³-hybridized carbons (Fsp3) is 0.182. The first-order valence-corrected chi connectivity index (χ1v) is 4.75. The second-order valence-corrected chi connectivity index (χ2v) is 3.39. The van der Waals surface area contributed by atoms with Crippen LogP contribution in [0.2, 0.25) is 0 Å². The number of alkyl halides is 2. The maximum atomic E-state index is 12.1. The van der Waals surface area contributed by atoms with Crippen LogP contribution in [-0.4, -0.2) is 21.3 Å². The van der Waals surface area contributed by atoms with Gasteiger partial charge in [-0.3, -0.25) is 4.68 Å². The SMILES string of the molecule is Oc1ccc(-c2cnn(CC(F)F)c2)cc1. The second-order valence-electron chi connectivity index (χ2n) is 3.39. The zero-order chi connectivity index (χ0) is 11.5. The molecule has 3 nitrogen and oxygen atoms in total. The minimum Gasteiger partial charge on any atom is -0.508 e. The fourth-order valence-corrected chi connectivity index (χ4v) is 1.41. The molecule has 0 aliphatic heterocycles. The van der Waals surface area contributed by atoms with Crippen molar-refractivity contribution in [1.82, 2.24) is 9.78 Å². The van der Waals surface area contributed by atoms with Crippen LogP contribution in [0.15, 0.2) is 36.7 Å². The van der Waals surface area contributed by atoms with Crippen molar-refractivity contribution in [2.45, 2.75) is 13.0 Å². The van der Waals surface area contributed by atoms with Crippen molar-refractivity contribution in [1.29, 1.82) is 0 Å². The van der Waals surface area contributed by atoms with Crippen LogP contribution in [0.1, 0.15) is 0 Å². The summed E-state index contributed by atoms with van der Waals surface area (Å²) >= 11 is 0. The molecule has 0 bridgehead atoms. The molecule has 0 fully saturated rings.